The number of aromatic nitrogens is 2. The van der Waals surface area contributed by atoms with Gasteiger partial charge in [0, 0.05) is 41.2 Å². The van der Waals surface area contributed by atoms with E-state index in [1.807, 2.05) is 0 Å². The molecule has 1 amide bonds. The van der Waals surface area contributed by atoms with E-state index in [-0.39, 0.29) is 66.9 Å². The Morgan fingerprint density at radius 2 is 1.95 bits per heavy atom. The summed E-state index contributed by atoms with van der Waals surface area (Å²) < 4.78 is 22.4. The molecule has 9 heteroatoms. The molecular formula is C33H38FN3O5. The van der Waals surface area contributed by atoms with Crippen molar-refractivity contribution in [2.75, 3.05) is 13.2 Å². The highest BCUT2D eigenvalue weighted by molar-refractivity contribution is 5.94. The largest absolute Gasteiger partial charge is 0.377 e. The van der Waals surface area contributed by atoms with Gasteiger partial charge >= 0.3 is 0 Å². The molecule has 0 spiro atoms. The molecule has 222 valence electrons. The second kappa shape index (κ2) is 10.1. The summed E-state index contributed by atoms with van der Waals surface area (Å²) >= 11 is 0. The summed E-state index contributed by atoms with van der Waals surface area (Å²) in [6, 6.07) is 2.77. The van der Waals surface area contributed by atoms with Crippen LogP contribution in [0, 0.1) is 18.2 Å². The molecule has 2 atom stereocenters. The summed E-state index contributed by atoms with van der Waals surface area (Å²) in [6.07, 6.45) is 2.52. The van der Waals surface area contributed by atoms with Gasteiger partial charge in [-0.2, -0.15) is 0 Å². The van der Waals surface area contributed by atoms with E-state index >= 15 is 4.39 Å². The number of fused-ring (bicyclic) bond motifs is 5. The van der Waals surface area contributed by atoms with Gasteiger partial charge in [-0.3, -0.25) is 14.4 Å². The summed E-state index contributed by atoms with van der Waals surface area (Å²) in [6.45, 7) is 10.5. The molecule has 0 fully saturated rings. The molecule has 6 rings (SSSR count). The second-order valence-electron chi connectivity index (χ2n) is 13.2. The van der Waals surface area contributed by atoms with E-state index in [2.05, 4.69) is 26.1 Å². The third-order valence-corrected chi connectivity index (χ3v) is 9.32. The fourth-order valence-electron chi connectivity index (χ4n) is 6.86. The maximum Gasteiger partial charge on any atom is 0.254 e. The number of ketones is 1. The van der Waals surface area contributed by atoms with Crippen molar-refractivity contribution in [1.82, 2.24) is 14.9 Å². The van der Waals surface area contributed by atoms with Crippen molar-refractivity contribution >= 4 is 22.6 Å². The lowest BCUT2D eigenvalue weighted by atomic mass is 9.77. The Balaban J connectivity index is 1.46. The molecule has 0 saturated carbocycles. The summed E-state index contributed by atoms with van der Waals surface area (Å²) in [4.78, 5) is 44.5. The number of Topliss-reactive ketones (excluding diaryl/α,β-unsaturated/α-hetero) is 1. The highest BCUT2D eigenvalue weighted by Crippen LogP contribution is 2.46. The van der Waals surface area contributed by atoms with Crippen molar-refractivity contribution < 1.29 is 23.8 Å². The molecule has 0 unspecified atom stereocenters. The molecule has 2 aromatic heterocycles. The molecule has 8 nitrogen and oxygen atoms in total. The lowest BCUT2D eigenvalue weighted by molar-refractivity contribution is -0.140. The minimum Gasteiger partial charge on any atom is -0.377 e. The Morgan fingerprint density at radius 1 is 1.19 bits per heavy atom. The molecule has 42 heavy (non-hydrogen) atoms. The van der Waals surface area contributed by atoms with Crippen molar-refractivity contribution in [3.63, 3.8) is 0 Å². The number of amides is 1. The Labute approximate surface area is 244 Å². The maximum absolute atomic E-state index is 15.1. The lowest BCUT2D eigenvalue weighted by Gasteiger charge is -2.32. The van der Waals surface area contributed by atoms with E-state index in [0.29, 0.717) is 53.0 Å². The van der Waals surface area contributed by atoms with Crippen LogP contribution in [0.2, 0.25) is 0 Å². The van der Waals surface area contributed by atoms with Crippen LogP contribution in [0.25, 0.3) is 22.3 Å². The van der Waals surface area contributed by atoms with Crippen LogP contribution < -0.4 is 10.9 Å². The number of nitrogens with one attached hydrogen (secondary N) is 1. The van der Waals surface area contributed by atoms with Crippen molar-refractivity contribution in [2.24, 2.45) is 5.41 Å². The molecular weight excluding hydrogens is 537 g/mol. The first-order valence-electron chi connectivity index (χ1n) is 14.9. The van der Waals surface area contributed by atoms with Crippen LogP contribution in [0.4, 0.5) is 4.39 Å². The molecule has 1 aliphatic heterocycles. The van der Waals surface area contributed by atoms with E-state index < -0.39 is 5.60 Å². The molecule has 3 aromatic rings. The maximum atomic E-state index is 15.1. The first-order valence-corrected chi connectivity index (χ1v) is 14.9. The first kappa shape index (κ1) is 28.7. The fraction of sp³-hybridized carbons (Fsp3) is 0.515. The van der Waals surface area contributed by atoms with Crippen molar-refractivity contribution in [2.45, 2.75) is 91.3 Å². The highest BCUT2D eigenvalue weighted by Gasteiger charge is 2.44. The topological polar surface area (TPSA) is 111 Å². The second-order valence-corrected chi connectivity index (χ2v) is 13.2. The van der Waals surface area contributed by atoms with Crippen molar-refractivity contribution in [3.05, 3.63) is 61.7 Å². The number of aryl methyl sites for hydroxylation is 1. The third kappa shape index (κ3) is 4.48. The van der Waals surface area contributed by atoms with Gasteiger partial charge in [-0.05, 0) is 67.2 Å². The zero-order valence-electron chi connectivity index (χ0n) is 24.9. The third-order valence-electron chi connectivity index (χ3n) is 9.32. The van der Waals surface area contributed by atoms with E-state index in [1.54, 1.807) is 24.5 Å². The number of hydrogen-bond donors (Lipinski definition) is 2. The van der Waals surface area contributed by atoms with Gasteiger partial charge < -0.3 is 19.7 Å². The normalized spacial score (nSPS) is 20.8. The van der Waals surface area contributed by atoms with Gasteiger partial charge in [0.1, 0.15) is 18.0 Å². The van der Waals surface area contributed by atoms with Crippen LogP contribution in [0.1, 0.15) is 92.8 Å². The Hall–Kier alpha value is -3.43. The molecule has 2 aliphatic carbocycles. The average molecular weight is 576 g/mol. The minimum atomic E-state index is -1.73. The zero-order valence-corrected chi connectivity index (χ0v) is 24.9. The van der Waals surface area contributed by atoms with E-state index in [0.717, 1.165) is 28.5 Å². The number of ether oxygens (including phenoxy) is 1. The van der Waals surface area contributed by atoms with Crippen LogP contribution in [0.5, 0.6) is 0 Å². The quantitative estimate of drug-likeness (QED) is 0.327. The van der Waals surface area contributed by atoms with Crippen LogP contribution >= 0.6 is 0 Å². The van der Waals surface area contributed by atoms with Gasteiger partial charge in [0.15, 0.2) is 5.78 Å². The number of hydrogen-bond acceptors (Lipinski definition) is 6. The number of carbonyl (C=O) groups excluding carboxylic acids is 2. The average Bonchev–Trinajstić information content (AvgIpc) is 3.30. The molecule has 0 bridgehead atoms. The van der Waals surface area contributed by atoms with Crippen LogP contribution in [-0.2, 0) is 39.3 Å². The molecule has 2 N–H and O–H groups in total. The van der Waals surface area contributed by atoms with Gasteiger partial charge in [0.2, 0.25) is 5.91 Å². The zero-order chi connectivity index (χ0) is 30.1. The number of nitrogens with zero attached hydrogens (tertiary/aromatic N) is 2. The summed E-state index contributed by atoms with van der Waals surface area (Å²) in [5, 5.41) is 15.3. The molecule has 3 heterocycles. The van der Waals surface area contributed by atoms with Crippen LogP contribution in [0.15, 0.2) is 16.9 Å². The Bertz CT molecular complexity index is 1720. The van der Waals surface area contributed by atoms with E-state index in [1.165, 1.54) is 6.07 Å². The predicted molar refractivity (Wildman–Crippen MR) is 157 cm³/mol. The monoisotopic (exact) mass is 575 g/mol. The van der Waals surface area contributed by atoms with Gasteiger partial charge in [0.25, 0.3) is 5.56 Å². The number of carbonyl (C=O) groups is 2. The van der Waals surface area contributed by atoms with E-state index in [9.17, 15) is 19.5 Å². The SMILES string of the molecule is CC[C@@]1(O)C(=O)CCc2c1cc1n(c2=O)Cc2c-1nc1cc(F)c(C)c3c1c2[C@@H](NC(=O)COCCC(C)(C)C)CC3. The Kier molecular flexibility index (Phi) is 6.89. The number of benzene rings is 1. The van der Waals surface area contributed by atoms with E-state index in [4.69, 9.17) is 9.72 Å². The fourth-order valence-corrected chi connectivity index (χ4v) is 6.86. The van der Waals surface area contributed by atoms with Gasteiger partial charge in [-0.1, -0.05) is 27.7 Å². The van der Waals surface area contributed by atoms with Gasteiger partial charge in [-0.25, -0.2) is 9.37 Å². The van der Waals surface area contributed by atoms with Gasteiger partial charge in [0.05, 0.1) is 29.5 Å². The predicted octanol–water partition coefficient (Wildman–Crippen LogP) is 4.54. The minimum absolute atomic E-state index is 0.0612. The highest BCUT2D eigenvalue weighted by atomic mass is 19.1. The number of halogens is 1. The smallest absolute Gasteiger partial charge is 0.254 e. The summed E-state index contributed by atoms with van der Waals surface area (Å²) in [7, 11) is 0. The molecule has 1 aromatic carbocycles. The van der Waals surface area contributed by atoms with Crippen molar-refractivity contribution in [3.8, 4) is 11.4 Å². The van der Waals surface area contributed by atoms with Gasteiger partial charge in [-0.15, -0.1) is 0 Å². The summed E-state index contributed by atoms with van der Waals surface area (Å²) in [5.74, 6) is -0.877. The summed E-state index contributed by atoms with van der Waals surface area (Å²) in [5.41, 5.74) is 3.49. The standard InChI is InChI=1S/C33H38FN3O5/c1-6-33(41)21-13-25-30-20(15-37(25)31(40)19(21)8-10-26(33)38)29-23(35-27(39)16-42-12-11-32(3,4)5)9-7-18-17(2)22(34)14-24(36-30)28(18)29/h13-14,23,41H,6-12,15-16H2,1-5H3,(H,35,39)/t23-,33-/m0/s1. The molecule has 0 saturated heterocycles. The number of aliphatic hydroxyl groups is 1. The van der Waals surface area contributed by atoms with Crippen LogP contribution in [-0.4, -0.2) is 39.6 Å². The van der Waals surface area contributed by atoms with Crippen molar-refractivity contribution in [1.29, 1.82) is 0 Å². The molecule has 3 aliphatic rings. The lowest BCUT2D eigenvalue weighted by Crippen LogP contribution is -2.43. The Morgan fingerprint density at radius 3 is 2.67 bits per heavy atom. The first-order chi connectivity index (χ1) is 19.8. The number of pyridine rings is 2. The van der Waals surface area contributed by atoms with Crippen LogP contribution in [0.3, 0.4) is 0 Å². The number of rotatable bonds is 6. The molecule has 0 radical (unpaired) electrons.